The van der Waals surface area contributed by atoms with E-state index in [1.165, 1.54) is 10.2 Å². The number of hydrogen-bond acceptors (Lipinski definition) is 4. The number of nitrogens with zero attached hydrogens (tertiary/aromatic N) is 2. The molecule has 0 saturated carbocycles. The molecule has 1 aromatic carbocycles. The van der Waals surface area contributed by atoms with Crippen LogP contribution in [0.3, 0.4) is 0 Å². The fourth-order valence-corrected chi connectivity index (χ4v) is 2.81. The Hall–Kier alpha value is -1.63. The number of para-hydroxylation sites is 1. The van der Waals surface area contributed by atoms with E-state index in [2.05, 4.69) is 0 Å². The van der Waals surface area contributed by atoms with Crippen LogP contribution in [0.2, 0.25) is 0 Å². The number of halogens is 1. The second-order valence-corrected chi connectivity index (χ2v) is 5.33. The zero-order chi connectivity index (χ0) is 14.8. The maximum atomic E-state index is 11.1. The van der Waals surface area contributed by atoms with Crippen molar-refractivity contribution in [1.82, 2.24) is 4.09 Å². The Morgan fingerprint density at radius 2 is 2.33 bits per heavy atom. The van der Waals surface area contributed by atoms with E-state index in [1.54, 1.807) is 18.2 Å². The van der Waals surface area contributed by atoms with E-state index >= 15 is 0 Å². The first-order valence-electron chi connectivity index (χ1n) is 6.84. The van der Waals surface area contributed by atoms with Gasteiger partial charge in [0, 0.05) is 29.8 Å². The molecule has 6 nitrogen and oxygen atoms in total. The average molecular weight is 311 g/mol. The van der Waals surface area contributed by atoms with E-state index < -0.39 is 4.92 Å². The first-order valence-corrected chi connectivity index (χ1v) is 7.17. The van der Waals surface area contributed by atoms with Crippen molar-refractivity contribution in [2.45, 2.75) is 32.2 Å². The van der Waals surface area contributed by atoms with Crippen LogP contribution in [0.15, 0.2) is 24.3 Å². The number of hydrogen-bond donors (Lipinski definition) is 0. The first kappa shape index (κ1) is 14.3. The molecule has 0 N–H and O–H groups in total. The number of nitro groups is 1. The van der Waals surface area contributed by atoms with Gasteiger partial charge in [0.25, 0.3) is 5.69 Å². The molecule has 1 aliphatic rings. The predicted octanol–water partition coefficient (Wildman–Crippen LogP) is 3.59. The Balaban J connectivity index is 1.84. The number of nitro benzene ring substituents is 1. The van der Waals surface area contributed by atoms with Gasteiger partial charge < -0.3 is 9.47 Å². The zero-order valence-electron chi connectivity index (χ0n) is 11.3. The van der Waals surface area contributed by atoms with Crippen LogP contribution in [-0.2, 0) is 16.1 Å². The normalized spacial score (nSPS) is 19.0. The molecule has 21 heavy (non-hydrogen) atoms. The summed E-state index contributed by atoms with van der Waals surface area (Å²) in [5.41, 5.74) is 1.06. The summed E-state index contributed by atoms with van der Waals surface area (Å²) < 4.78 is 12.5. The van der Waals surface area contributed by atoms with Crippen LogP contribution in [-0.4, -0.2) is 21.9 Å². The van der Waals surface area contributed by atoms with Crippen LogP contribution in [0.5, 0.6) is 0 Å². The molecule has 0 amide bonds. The fourth-order valence-electron chi connectivity index (χ4n) is 2.53. The summed E-state index contributed by atoms with van der Waals surface area (Å²) in [6.45, 7) is 0.972. The van der Waals surface area contributed by atoms with Crippen molar-refractivity contribution in [3.8, 4) is 0 Å². The Labute approximate surface area is 126 Å². The van der Waals surface area contributed by atoms with Gasteiger partial charge in [-0.3, -0.25) is 10.1 Å². The van der Waals surface area contributed by atoms with E-state index in [0.29, 0.717) is 17.8 Å². The quantitative estimate of drug-likeness (QED) is 0.639. The molecule has 1 atom stereocenters. The number of fused-ring (bicyclic) bond motifs is 1. The Morgan fingerprint density at radius 3 is 3.05 bits per heavy atom. The van der Waals surface area contributed by atoms with Gasteiger partial charge in [0.2, 0.25) is 0 Å². The van der Waals surface area contributed by atoms with Crippen molar-refractivity contribution >= 4 is 28.4 Å². The zero-order valence-corrected chi connectivity index (χ0v) is 12.1. The van der Waals surface area contributed by atoms with Crippen LogP contribution in [0.1, 0.15) is 25.0 Å². The fraction of sp³-hybridized carbons (Fsp3) is 0.429. The van der Waals surface area contributed by atoms with Crippen LogP contribution in [0, 0.1) is 10.1 Å². The number of rotatable bonds is 4. The summed E-state index contributed by atoms with van der Waals surface area (Å²) in [7, 11) is 0. The molecule has 112 valence electrons. The van der Waals surface area contributed by atoms with E-state index in [-0.39, 0.29) is 18.6 Å². The van der Waals surface area contributed by atoms with Crippen molar-refractivity contribution in [2.24, 2.45) is 0 Å². The van der Waals surface area contributed by atoms with Crippen molar-refractivity contribution in [1.29, 1.82) is 0 Å². The molecule has 7 heteroatoms. The molecule has 1 unspecified atom stereocenters. The molecular weight excluding hydrogens is 296 g/mol. The minimum atomic E-state index is -0.434. The summed E-state index contributed by atoms with van der Waals surface area (Å²) in [6.07, 6.45) is 2.79. The summed E-state index contributed by atoms with van der Waals surface area (Å²) in [4.78, 5) is 10.6. The van der Waals surface area contributed by atoms with E-state index in [9.17, 15) is 10.1 Å². The monoisotopic (exact) mass is 310 g/mol. The molecule has 1 fully saturated rings. The number of non-ortho nitro benzene ring substituents is 1. The smallest absolute Gasteiger partial charge is 0.294 e. The minimum absolute atomic E-state index is 0.0114. The molecule has 0 bridgehead atoms. The summed E-state index contributed by atoms with van der Waals surface area (Å²) in [5, 5.41) is 11.8. The van der Waals surface area contributed by atoms with Gasteiger partial charge in [-0.1, -0.05) is 12.1 Å². The lowest BCUT2D eigenvalue weighted by Crippen LogP contribution is -2.22. The minimum Gasteiger partial charge on any atom is -0.353 e. The average Bonchev–Trinajstić information content (AvgIpc) is 2.83. The van der Waals surface area contributed by atoms with Gasteiger partial charge in [-0.15, -0.1) is 0 Å². The molecule has 1 saturated heterocycles. The maximum Gasteiger partial charge on any atom is 0.294 e. The van der Waals surface area contributed by atoms with E-state index in [0.717, 1.165) is 24.6 Å². The summed E-state index contributed by atoms with van der Waals surface area (Å²) in [6, 6.07) is 6.68. The Bertz CT molecular complexity index is 664. The lowest BCUT2D eigenvalue weighted by molar-refractivity contribution is -0.383. The van der Waals surface area contributed by atoms with Gasteiger partial charge >= 0.3 is 0 Å². The second-order valence-electron chi connectivity index (χ2n) is 5.00. The van der Waals surface area contributed by atoms with Gasteiger partial charge in [-0.2, -0.15) is 0 Å². The van der Waals surface area contributed by atoms with Crippen LogP contribution >= 0.6 is 11.8 Å². The molecular formula is C14H15ClN2O4. The Morgan fingerprint density at radius 1 is 1.48 bits per heavy atom. The maximum absolute atomic E-state index is 11.1. The van der Waals surface area contributed by atoms with Gasteiger partial charge in [0.1, 0.15) is 5.52 Å². The van der Waals surface area contributed by atoms with Gasteiger partial charge in [-0.25, -0.2) is 4.09 Å². The SMILES string of the molecule is O=[N+]([O-])c1cccc2cc(COC3CCCCO3)n(Cl)c12. The van der Waals surface area contributed by atoms with Crippen LogP contribution in [0.4, 0.5) is 5.69 Å². The van der Waals surface area contributed by atoms with Crippen molar-refractivity contribution < 1.29 is 14.4 Å². The lowest BCUT2D eigenvalue weighted by Gasteiger charge is -2.22. The molecule has 2 aromatic rings. The number of benzene rings is 1. The van der Waals surface area contributed by atoms with Crippen molar-refractivity contribution in [3.63, 3.8) is 0 Å². The molecule has 3 rings (SSSR count). The van der Waals surface area contributed by atoms with Crippen molar-refractivity contribution in [2.75, 3.05) is 6.61 Å². The van der Waals surface area contributed by atoms with Gasteiger partial charge in [0.15, 0.2) is 6.29 Å². The standard InChI is InChI=1S/C14H15ClN2O4/c15-16-11(9-21-13-6-1-2-7-20-13)8-10-4-3-5-12(14(10)16)17(18)19/h3-5,8,13H,1-2,6-7,9H2. The largest absolute Gasteiger partial charge is 0.353 e. The third kappa shape index (κ3) is 2.88. The van der Waals surface area contributed by atoms with Crippen LogP contribution in [0.25, 0.3) is 10.9 Å². The number of aromatic nitrogens is 1. The Kier molecular flexibility index (Phi) is 4.10. The van der Waals surface area contributed by atoms with E-state index in [1.807, 2.05) is 0 Å². The first-order chi connectivity index (χ1) is 10.2. The summed E-state index contributed by atoms with van der Waals surface area (Å²) >= 11 is 6.22. The highest BCUT2D eigenvalue weighted by atomic mass is 35.5. The number of ether oxygens (including phenoxy) is 2. The second kappa shape index (κ2) is 6.01. The lowest BCUT2D eigenvalue weighted by atomic mass is 10.2. The van der Waals surface area contributed by atoms with Crippen molar-refractivity contribution in [3.05, 3.63) is 40.1 Å². The molecule has 2 heterocycles. The molecule has 0 spiro atoms. The highest BCUT2D eigenvalue weighted by molar-refractivity contribution is 6.20. The predicted molar refractivity (Wildman–Crippen MR) is 78.2 cm³/mol. The third-order valence-corrected chi connectivity index (χ3v) is 3.95. The highest BCUT2D eigenvalue weighted by Gasteiger charge is 2.20. The van der Waals surface area contributed by atoms with E-state index in [4.69, 9.17) is 21.3 Å². The molecule has 1 aromatic heterocycles. The highest BCUT2D eigenvalue weighted by Crippen LogP contribution is 2.30. The topological polar surface area (TPSA) is 66.5 Å². The van der Waals surface area contributed by atoms with Gasteiger partial charge in [0.05, 0.1) is 17.2 Å². The third-order valence-electron chi connectivity index (χ3n) is 3.57. The molecule has 1 aliphatic heterocycles. The summed E-state index contributed by atoms with van der Waals surface area (Å²) in [5.74, 6) is 0. The molecule has 0 aliphatic carbocycles. The molecule has 0 radical (unpaired) electrons. The van der Waals surface area contributed by atoms with Crippen LogP contribution < -0.4 is 0 Å². The van der Waals surface area contributed by atoms with Gasteiger partial charge in [-0.05, 0) is 25.3 Å².